The predicted molar refractivity (Wildman–Crippen MR) is 160 cm³/mol. The molecule has 1 atom stereocenters. The number of benzene rings is 2. The quantitative estimate of drug-likeness (QED) is 0.234. The lowest BCUT2D eigenvalue weighted by Crippen LogP contribution is -2.30. The van der Waals surface area contributed by atoms with Crippen molar-refractivity contribution < 1.29 is 23.8 Å². The fourth-order valence-corrected chi connectivity index (χ4v) is 4.65. The maximum absolute atomic E-state index is 13.6. The van der Waals surface area contributed by atoms with E-state index in [0.29, 0.717) is 34.1 Å². The van der Waals surface area contributed by atoms with Gasteiger partial charge in [0.15, 0.2) is 0 Å². The Morgan fingerprint density at radius 1 is 1.02 bits per heavy atom. The van der Waals surface area contributed by atoms with E-state index >= 15 is 0 Å². The van der Waals surface area contributed by atoms with E-state index in [-0.39, 0.29) is 24.5 Å². The van der Waals surface area contributed by atoms with E-state index in [4.69, 9.17) is 19.9 Å². The molecule has 12 nitrogen and oxygen atoms in total. The largest absolute Gasteiger partial charge is 0.497 e. The molecular formula is C31H30N6O6. The molecule has 0 aliphatic rings. The molecule has 5 rings (SSSR count). The van der Waals surface area contributed by atoms with E-state index in [2.05, 4.69) is 15.3 Å². The minimum Gasteiger partial charge on any atom is -0.497 e. The Morgan fingerprint density at radius 2 is 1.79 bits per heavy atom. The number of nitrogens with one attached hydrogen (secondary N) is 1. The van der Waals surface area contributed by atoms with Gasteiger partial charge in [-0.25, -0.2) is 9.67 Å². The van der Waals surface area contributed by atoms with Crippen LogP contribution in [-0.4, -0.2) is 51.0 Å². The summed E-state index contributed by atoms with van der Waals surface area (Å²) < 4.78 is 19.6. The van der Waals surface area contributed by atoms with Gasteiger partial charge in [0.25, 0.3) is 11.5 Å². The first kappa shape index (κ1) is 29.0. The molecule has 2 aromatic carbocycles. The highest BCUT2D eigenvalue weighted by atomic mass is 16.5. The highest BCUT2D eigenvalue weighted by molar-refractivity contribution is 6.04. The van der Waals surface area contributed by atoms with Crippen LogP contribution >= 0.6 is 0 Å². The predicted octanol–water partition coefficient (Wildman–Crippen LogP) is 3.83. The van der Waals surface area contributed by atoms with Crippen molar-refractivity contribution >= 4 is 28.6 Å². The van der Waals surface area contributed by atoms with E-state index in [0.717, 1.165) is 5.39 Å². The second-order valence-corrected chi connectivity index (χ2v) is 9.63. The van der Waals surface area contributed by atoms with Gasteiger partial charge in [-0.05, 0) is 56.3 Å². The number of nitrogens with two attached hydrogens (primary N) is 1. The number of nitrogens with zero attached hydrogens (tertiary/aromatic N) is 4. The Balaban J connectivity index is 1.38. The summed E-state index contributed by atoms with van der Waals surface area (Å²) in [6, 6.07) is 19.4. The van der Waals surface area contributed by atoms with Crippen molar-refractivity contribution in [1.29, 1.82) is 0 Å². The number of hydrogen-bond donors (Lipinski definition) is 2. The summed E-state index contributed by atoms with van der Waals surface area (Å²) in [4.78, 5) is 47.4. The first-order valence-electron chi connectivity index (χ1n) is 13.4. The summed E-state index contributed by atoms with van der Waals surface area (Å²) in [6.45, 7) is 3.20. The summed E-state index contributed by atoms with van der Waals surface area (Å²) >= 11 is 0. The van der Waals surface area contributed by atoms with E-state index in [9.17, 15) is 14.4 Å². The Kier molecular flexibility index (Phi) is 8.49. The van der Waals surface area contributed by atoms with Gasteiger partial charge >= 0.3 is 5.97 Å². The van der Waals surface area contributed by atoms with Crippen LogP contribution in [0.4, 0.5) is 5.82 Å². The zero-order chi connectivity index (χ0) is 30.5. The molecular weight excluding hydrogens is 552 g/mol. The first-order valence-corrected chi connectivity index (χ1v) is 13.4. The SMILES string of the molecule is COc1ccc2c(Oc3ccc(NC(=O)c4c(C)n(CC(C)OC(=O)CN)n(-c5ccccc5)c4=O)nc3)ccnc2c1. The number of fused-ring (bicyclic) bond motifs is 1. The molecule has 3 aromatic heterocycles. The Bertz CT molecular complexity index is 1830. The smallest absolute Gasteiger partial charge is 0.320 e. The van der Waals surface area contributed by atoms with Gasteiger partial charge in [0.1, 0.15) is 34.7 Å². The maximum atomic E-state index is 13.6. The molecule has 0 saturated heterocycles. The van der Waals surface area contributed by atoms with Gasteiger partial charge in [-0.3, -0.25) is 24.0 Å². The number of pyridine rings is 2. The van der Waals surface area contributed by atoms with Crippen LogP contribution in [0.2, 0.25) is 0 Å². The van der Waals surface area contributed by atoms with E-state index in [1.54, 1.807) is 74.3 Å². The number of carbonyl (C=O) groups is 2. The minimum atomic E-state index is -0.632. The van der Waals surface area contributed by atoms with Gasteiger partial charge in [-0.2, -0.15) is 0 Å². The second kappa shape index (κ2) is 12.6. The van der Waals surface area contributed by atoms with Crippen LogP contribution in [0.1, 0.15) is 23.0 Å². The lowest BCUT2D eigenvalue weighted by Gasteiger charge is -2.18. The number of ether oxygens (including phenoxy) is 3. The summed E-state index contributed by atoms with van der Waals surface area (Å²) in [5, 5.41) is 3.50. The second-order valence-electron chi connectivity index (χ2n) is 9.63. The minimum absolute atomic E-state index is 0.0676. The van der Waals surface area contributed by atoms with Crippen LogP contribution in [0.25, 0.3) is 16.6 Å². The topological polar surface area (TPSA) is 153 Å². The average Bonchev–Trinajstić information content (AvgIpc) is 3.26. The van der Waals surface area contributed by atoms with Gasteiger partial charge in [0, 0.05) is 17.6 Å². The monoisotopic (exact) mass is 582 g/mol. The zero-order valence-corrected chi connectivity index (χ0v) is 23.8. The molecule has 3 N–H and O–H groups in total. The third-order valence-electron chi connectivity index (χ3n) is 6.67. The summed E-state index contributed by atoms with van der Waals surface area (Å²) in [7, 11) is 1.59. The van der Waals surface area contributed by atoms with Crippen LogP contribution in [0, 0.1) is 6.92 Å². The number of hydrogen-bond acceptors (Lipinski definition) is 9. The van der Waals surface area contributed by atoms with Crippen LogP contribution in [0.15, 0.2) is 83.9 Å². The van der Waals surface area contributed by atoms with Crippen molar-refractivity contribution in [3.8, 4) is 22.9 Å². The maximum Gasteiger partial charge on any atom is 0.320 e. The fraction of sp³-hybridized carbons (Fsp3) is 0.194. The molecule has 220 valence electrons. The van der Waals surface area contributed by atoms with Crippen molar-refractivity contribution in [1.82, 2.24) is 19.3 Å². The molecule has 1 unspecified atom stereocenters. The van der Waals surface area contributed by atoms with Crippen molar-refractivity contribution in [2.24, 2.45) is 5.73 Å². The van der Waals surface area contributed by atoms with Crippen LogP contribution in [-0.2, 0) is 16.1 Å². The fourth-order valence-electron chi connectivity index (χ4n) is 4.65. The van der Waals surface area contributed by atoms with Crippen molar-refractivity contribution in [3.05, 3.63) is 101 Å². The molecule has 5 aromatic rings. The number of aromatic nitrogens is 4. The molecule has 0 fully saturated rings. The van der Waals surface area contributed by atoms with Gasteiger partial charge in [-0.1, -0.05) is 18.2 Å². The van der Waals surface area contributed by atoms with Crippen LogP contribution in [0.5, 0.6) is 17.2 Å². The molecule has 12 heteroatoms. The van der Waals surface area contributed by atoms with Crippen molar-refractivity contribution in [2.45, 2.75) is 26.5 Å². The molecule has 0 spiro atoms. The number of esters is 1. The highest BCUT2D eigenvalue weighted by Gasteiger charge is 2.25. The third kappa shape index (κ3) is 6.23. The van der Waals surface area contributed by atoms with Gasteiger partial charge < -0.3 is 25.3 Å². The van der Waals surface area contributed by atoms with Gasteiger partial charge in [0.2, 0.25) is 0 Å². The van der Waals surface area contributed by atoms with E-state index in [1.165, 1.54) is 10.9 Å². The Morgan fingerprint density at radius 3 is 2.49 bits per heavy atom. The average molecular weight is 583 g/mol. The lowest BCUT2D eigenvalue weighted by molar-refractivity contribution is -0.147. The number of amides is 1. The van der Waals surface area contributed by atoms with Crippen molar-refractivity contribution in [2.75, 3.05) is 19.0 Å². The summed E-state index contributed by atoms with van der Waals surface area (Å²) in [6.07, 6.45) is 2.50. The van der Waals surface area contributed by atoms with Crippen molar-refractivity contribution in [3.63, 3.8) is 0 Å². The molecule has 0 saturated carbocycles. The van der Waals surface area contributed by atoms with E-state index < -0.39 is 23.5 Å². The number of carbonyl (C=O) groups excluding carboxylic acids is 2. The third-order valence-corrected chi connectivity index (χ3v) is 6.67. The molecule has 0 aliphatic heterocycles. The van der Waals surface area contributed by atoms with Gasteiger partial charge in [0.05, 0.1) is 43.3 Å². The number of rotatable bonds is 10. The molecule has 0 radical (unpaired) electrons. The molecule has 0 aliphatic carbocycles. The summed E-state index contributed by atoms with van der Waals surface area (Å²) in [5.74, 6) is 0.730. The first-order chi connectivity index (χ1) is 20.8. The van der Waals surface area contributed by atoms with E-state index in [1.807, 2.05) is 24.3 Å². The number of para-hydroxylation sites is 1. The Labute approximate surface area is 246 Å². The summed E-state index contributed by atoms with van der Waals surface area (Å²) in [5.41, 5.74) is 6.43. The number of methoxy groups -OCH3 is 1. The normalized spacial score (nSPS) is 11.6. The molecule has 0 bridgehead atoms. The van der Waals surface area contributed by atoms with Crippen LogP contribution in [0.3, 0.4) is 0 Å². The highest BCUT2D eigenvalue weighted by Crippen LogP contribution is 2.30. The molecule has 43 heavy (non-hydrogen) atoms. The Hall–Kier alpha value is -5.49. The molecule has 1 amide bonds. The zero-order valence-electron chi connectivity index (χ0n) is 23.8. The van der Waals surface area contributed by atoms with Crippen LogP contribution < -0.4 is 26.1 Å². The standard InChI is InChI=1S/C31H30N6O6/c1-19(42-28(38)16-32)18-36-20(2)29(31(40)37(36)21-7-5-4-6-8-21)30(39)35-27-12-10-23(17-34-27)43-26-13-14-33-25-15-22(41-3)9-11-24(25)26/h4-15,17,19H,16,18,32H2,1-3H3,(H,34,35,39). The lowest BCUT2D eigenvalue weighted by atomic mass is 10.2. The number of anilines is 1. The molecule has 3 heterocycles. The van der Waals surface area contributed by atoms with Gasteiger partial charge in [-0.15, -0.1) is 0 Å².